The molecule has 0 heterocycles. The molecule has 3 nitrogen and oxygen atoms in total. The zero-order valence-electron chi connectivity index (χ0n) is 5.82. The van der Waals surface area contributed by atoms with E-state index in [0.717, 1.165) is 12.8 Å². The minimum absolute atomic E-state index is 0.415. The van der Waals surface area contributed by atoms with Gasteiger partial charge in [-0.1, -0.05) is 19.8 Å². The Balaban J connectivity index is 3.75. The van der Waals surface area contributed by atoms with Crippen molar-refractivity contribution in [1.82, 2.24) is 0 Å². The van der Waals surface area contributed by atoms with Crippen molar-refractivity contribution in [3.63, 3.8) is 0 Å². The van der Waals surface area contributed by atoms with Crippen LogP contribution in [0.3, 0.4) is 0 Å². The average molecular weight is 184 g/mol. The highest BCUT2D eigenvalue weighted by molar-refractivity contribution is 8.01. The molecule has 0 aliphatic carbocycles. The van der Waals surface area contributed by atoms with Crippen LogP contribution in [0.5, 0.6) is 0 Å². The van der Waals surface area contributed by atoms with Crippen LogP contribution in [0.2, 0.25) is 0 Å². The van der Waals surface area contributed by atoms with Gasteiger partial charge in [0, 0.05) is 0 Å². The lowest BCUT2D eigenvalue weighted by atomic mass is 10.3. The standard InChI is InChI=1S/C5H12O3S2/c1-2-3-4-5(9)10(6,7)8/h5,9H,2-4H2,1H3,(H,6,7,8). The third kappa shape index (κ3) is 4.14. The Morgan fingerprint density at radius 3 is 2.40 bits per heavy atom. The molecule has 0 radical (unpaired) electrons. The Morgan fingerprint density at radius 1 is 1.60 bits per heavy atom. The van der Waals surface area contributed by atoms with Gasteiger partial charge in [0.15, 0.2) is 0 Å². The summed E-state index contributed by atoms with van der Waals surface area (Å²) < 4.78 is 28.1. The van der Waals surface area contributed by atoms with Crippen LogP contribution in [-0.2, 0) is 10.1 Å². The van der Waals surface area contributed by atoms with Crippen molar-refractivity contribution in [3.8, 4) is 0 Å². The van der Waals surface area contributed by atoms with E-state index in [1.54, 1.807) is 0 Å². The Bertz CT molecular complexity index is 173. The Morgan fingerprint density at radius 2 is 2.10 bits per heavy atom. The molecule has 0 aromatic carbocycles. The van der Waals surface area contributed by atoms with Crippen molar-refractivity contribution in [2.75, 3.05) is 0 Å². The average Bonchev–Trinajstić information content (AvgIpc) is 1.80. The van der Waals surface area contributed by atoms with Crippen LogP contribution in [0, 0.1) is 0 Å². The SMILES string of the molecule is CCCCC(S)S(=O)(=O)O. The second-order valence-electron chi connectivity index (χ2n) is 2.11. The normalized spacial score (nSPS) is 15.1. The highest BCUT2D eigenvalue weighted by Gasteiger charge is 2.16. The zero-order chi connectivity index (χ0) is 8.20. The van der Waals surface area contributed by atoms with Gasteiger partial charge >= 0.3 is 0 Å². The van der Waals surface area contributed by atoms with Crippen LogP contribution < -0.4 is 0 Å². The second-order valence-corrected chi connectivity index (χ2v) is 4.68. The highest BCUT2D eigenvalue weighted by atomic mass is 32.3. The molecule has 0 fully saturated rings. The summed E-state index contributed by atoms with van der Waals surface area (Å²) >= 11 is 3.71. The van der Waals surface area contributed by atoms with Gasteiger partial charge in [-0.25, -0.2) is 0 Å². The minimum atomic E-state index is -3.91. The molecule has 0 bridgehead atoms. The molecule has 62 valence electrons. The summed E-state index contributed by atoms with van der Waals surface area (Å²) in [5.41, 5.74) is 0. The van der Waals surface area contributed by atoms with Crippen LogP contribution in [0.4, 0.5) is 0 Å². The summed E-state index contributed by atoms with van der Waals surface area (Å²) in [5.74, 6) is 0. The smallest absolute Gasteiger partial charge is 0.276 e. The summed E-state index contributed by atoms with van der Waals surface area (Å²) in [5, 5.41) is 0. The largest absolute Gasteiger partial charge is 0.285 e. The fraction of sp³-hybridized carbons (Fsp3) is 1.00. The monoisotopic (exact) mass is 184 g/mol. The van der Waals surface area contributed by atoms with Crippen molar-refractivity contribution < 1.29 is 13.0 Å². The molecule has 1 unspecified atom stereocenters. The molecule has 0 amide bonds. The minimum Gasteiger partial charge on any atom is -0.285 e. The Kier molecular flexibility index (Phi) is 4.31. The van der Waals surface area contributed by atoms with Crippen LogP contribution in [0.15, 0.2) is 0 Å². The van der Waals surface area contributed by atoms with E-state index >= 15 is 0 Å². The number of hydrogen-bond donors (Lipinski definition) is 2. The molecule has 0 saturated heterocycles. The van der Waals surface area contributed by atoms with E-state index in [2.05, 4.69) is 12.6 Å². The van der Waals surface area contributed by atoms with Gasteiger partial charge in [0.25, 0.3) is 10.1 Å². The first-order chi connectivity index (χ1) is 4.48. The summed E-state index contributed by atoms with van der Waals surface area (Å²) in [6, 6.07) is 0. The maximum Gasteiger partial charge on any atom is 0.276 e. The van der Waals surface area contributed by atoms with Crippen LogP contribution in [0.1, 0.15) is 26.2 Å². The van der Waals surface area contributed by atoms with Crippen molar-refractivity contribution in [2.24, 2.45) is 0 Å². The Hall–Kier alpha value is 0.260. The summed E-state index contributed by atoms with van der Waals surface area (Å²) in [6.45, 7) is 1.95. The number of unbranched alkanes of at least 4 members (excludes halogenated alkanes) is 1. The first-order valence-electron chi connectivity index (χ1n) is 3.13. The van der Waals surface area contributed by atoms with Gasteiger partial charge in [0.2, 0.25) is 0 Å². The topological polar surface area (TPSA) is 54.4 Å². The van der Waals surface area contributed by atoms with Gasteiger partial charge in [0.05, 0.1) is 0 Å². The maximum absolute atomic E-state index is 10.3. The lowest BCUT2D eigenvalue weighted by molar-refractivity contribution is 0.476. The molecule has 1 N–H and O–H groups in total. The summed E-state index contributed by atoms with van der Waals surface area (Å²) in [7, 11) is -3.91. The number of hydrogen-bond acceptors (Lipinski definition) is 3. The van der Waals surface area contributed by atoms with Crippen LogP contribution in [0.25, 0.3) is 0 Å². The third-order valence-electron chi connectivity index (χ3n) is 1.15. The van der Waals surface area contributed by atoms with Crippen molar-refractivity contribution >= 4 is 22.7 Å². The third-order valence-corrected chi connectivity index (χ3v) is 3.13. The molecule has 0 spiro atoms. The lowest BCUT2D eigenvalue weighted by Crippen LogP contribution is -2.13. The van der Waals surface area contributed by atoms with Gasteiger partial charge < -0.3 is 0 Å². The predicted molar refractivity (Wildman–Crippen MR) is 43.8 cm³/mol. The quantitative estimate of drug-likeness (QED) is 0.512. The van der Waals surface area contributed by atoms with E-state index in [9.17, 15) is 8.42 Å². The van der Waals surface area contributed by atoms with Gasteiger partial charge in [-0.2, -0.15) is 21.0 Å². The van der Waals surface area contributed by atoms with Crippen molar-refractivity contribution in [2.45, 2.75) is 30.8 Å². The molecular formula is C5H12O3S2. The number of rotatable bonds is 4. The van der Waals surface area contributed by atoms with E-state index < -0.39 is 14.7 Å². The molecule has 0 aliphatic rings. The highest BCUT2D eigenvalue weighted by Crippen LogP contribution is 2.11. The predicted octanol–water partition coefficient (Wildman–Crippen LogP) is 1.32. The van der Waals surface area contributed by atoms with E-state index in [0.29, 0.717) is 6.42 Å². The van der Waals surface area contributed by atoms with E-state index in [1.165, 1.54) is 0 Å². The molecule has 0 aromatic rings. The first-order valence-corrected chi connectivity index (χ1v) is 5.14. The molecular weight excluding hydrogens is 172 g/mol. The number of thiol groups is 1. The molecule has 1 atom stereocenters. The molecule has 0 aliphatic heterocycles. The van der Waals surface area contributed by atoms with Gasteiger partial charge in [-0.05, 0) is 6.42 Å². The molecule has 0 rings (SSSR count). The Labute approximate surface area is 67.0 Å². The summed E-state index contributed by atoms with van der Waals surface area (Å²) in [4.78, 5) is 0. The van der Waals surface area contributed by atoms with Gasteiger partial charge in [-0.3, -0.25) is 4.55 Å². The van der Waals surface area contributed by atoms with Crippen molar-refractivity contribution in [3.05, 3.63) is 0 Å². The second kappa shape index (κ2) is 4.20. The van der Waals surface area contributed by atoms with Gasteiger partial charge in [-0.15, -0.1) is 0 Å². The van der Waals surface area contributed by atoms with E-state index in [-0.39, 0.29) is 0 Å². The van der Waals surface area contributed by atoms with Crippen LogP contribution in [-0.4, -0.2) is 17.6 Å². The fourth-order valence-electron chi connectivity index (χ4n) is 0.528. The van der Waals surface area contributed by atoms with E-state index in [4.69, 9.17) is 4.55 Å². The fourth-order valence-corrected chi connectivity index (χ4v) is 1.17. The first kappa shape index (κ1) is 10.3. The van der Waals surface area contributed by atoms with Gasteiger partial charge in [0.1, 0.15) is 4.58 Å². The lowest BCUT2D eigenvalue weighted by Gasteiger charge is -2.04. The molecule has 5 heteroatoms. The maximum atomic E-state index is 10.3. The van der Waals surface area contributed by atoms with Crippen molar-refractivity contribution in [1.29, 1.82) is 0 Å². The molecule has 10 heavy (non-hydrogen) atoms. The summed E-state index contributed by atoms with van der Waals surface area (Å²) in [6.07, 6.45) is 2.10. The molecule has 0 saturated carbocycles. The zero-order valence-corrected chi connectivity index (χ0v) is 7.53. The molecule has 0 aromatic heterocycles. The van der Waals surface area contributed by atoms with E-state index in [1.807, 2.05) is 6.92 Å². The van der Waals surface area contributed by atoms with Crippen LogP contribution >= 0.6 is 12.6 Å².